The Bertz CT molecular complexity index is 1360. The number of rotatable bonds is 8. The van der Waals surface area contributed by atoms with Gasteiger partial charge in [-0.2, -0.15) is 0 Å². The van der Waals surface area contributed by atoms with Gasteiger partial charge in [0.2, 0.25) is 5.91 Å². The van der Waals surface area contributed by atoms with Crippen LogP contribution in [-0.4, -0.2) is 25.1 Å². The predicted octanol–water partition coefficient (Wildman–Crippen LogP) is 5.58. The Balaban J connectivity index is 1.66. The molecule has 172 valence electrons. The van der Waals surface area contributed by atoms with Crippen LogP contribution in [0.3, 0.4) is 0 Å². The average Bonchev–Trinajstić information content (AvgIpc) is 3.47. The Kier molecular flexibility index (Phi) is 6.67. The summed E-state index contributed by atoms with van der Waals surface area (Å²) in [7, 11) is -3.28. The zero-order valence-corrected chi connectivity index (χ0v) is 20.4. The Morgan fingerprint density at radius 3 is 2.48 bits per heavy atom. The number of nitrogens with zero attached hydrogens (tertiary/aromatic N) is 2. The van der Waals surface area contributed by atoms with Crippen molar-refractivity contribution in [1.29, 1.82) is 0 Å². The highest BCUT2D eigenvalue weighted by atomic mass is 32.2. The first-order valence-corrected chi connectivity index (χ1v) is 13.3. The minimum Gasteiger partial charge on any atom is -0.467 e. The van der Waals surface area contributed by atoms with Crippen LogP contribution in [0.25, 0.3) is 10.2 Å². The average molecular weight is 483 g/mol. The van der Waals surface area contributed by atoms with Gasteiger partial charge in [-0.15, -0.1) is 0 Å². The number of sulfone groups is 1. The first-order valence-electron chi connectivity index (χ1n) is 10.8. The number of hydrogen-bond donors (Lipinski definition) is 0. The molecule has 0 aliphatic heterocycles. The van der Waals surface area contributed by atoms with Crippen LogP contribution in [0.4, 0.5) is 5.13 Å². The van der Waals surface area contributed by atoms with Gasteiger partial charge < -0.3 is 4.42 Å². The second-order valence-electron chi connectivity index (χ2n) is 8.13. The molecule has 0 fully saturated rings. The van der Waals surface area contributed by atoms with Crippen LogP contribution in [0, 0.1) is 0 Å². The zero-order chi connectivity index (χ0) is 23.6. The van der Waals surface area contributed by atoms with Crippen molar-refractivity contribution in [2.75, 3.05) is 10.7 Å². The van der Waals surface area contributed by atoms with Crippen LogP contribution >= 0.6 is 11.3 Å². The summed E-state index contributed by atoms with van der Waals surface area (Å²) < 4.78 is 30.7. The van der Waals surface area contributed by atoms with E-state index in [1.165, 1.54) is 11.3 Å². The van der Waals surface area contributed by atoms with Crippen molar-refractivity contribution < 1.29 is 17.6 Å². The number of hydrogen-bond acceptors (Lipinski definition) is 6. The van der Waals surface area contributed by atoms with E-state index < -0.39 is 9.84 Å². The monoisotopic (exact) mass is 482 g/mol. The predicted molar refractivity (Wildman–Crippen MR) is 131 cm³/mol. The van der Waals surface area contributed by atoms with E-state index >= 15 is 0 Å². The van der Waals surface area contributed by atoms with Crippen molar-refractivity contribution in [2.24, 2.45) is 0 Å². The van der Waals surface area contributed by atoms with Crippen molar-refractivity contribution in [3.8, 4) is 0 Å². The lowest BCUT2D eigenvalue weighted by atomic mass is 10.0. The van der Waals surface area contributed by atoms with Crippen molar-refractivity contribution in [3.63, 3.8) is 0 Å². The number of benzene rings is 2. The number of furan rings is 1. The number of carbonyl (C=O) groups is 1. The first-order chi connectivity index (χ1) is 15.8. The molecule has 2 aromatic carbocycles. The minimum atomic E-state index is -3.28. The molecule has 2 aromatic heterocycles. The number of para-hydroxylation sites is 1. The molecule has 0 N–H and O–H groups in total. The number of carbonyl (C=O) groups excluding carboxylic acids is 1. The van der Waals surface area contributed by atoms with E-state index in [9.17, 15) is 13.2 Å². The molecule has 6 nitrogen and oxygen atoms in total. The molecular weight excluding hydrogens is 456 g/mol. The van der Waals surface area contributed by atoms with E-state index in [1.807, 2.05) is 18.2 Å². The molecule has 0 unspecified atom stereocenters. The standard InChI is InChI=1S/C25H26N2O4S2/c1-4-33(29,30)20-12-10-18(11-13-20)15-23(28)27(16-19-7-6-14-31-19)25-26-24-21(17(2)3)8-5-9-22(24)32-25/h5-14,17H,4,15-16H2,1-3H3. The minimum absolute atomic E-state index is 0.0399. The highest BCUT2D eigenvalue weighted by Gasteiger charge is 2.23. The molecule has 0 bridgehead atoms. The van der Waals surface area contributed by atoms with Crippen LogP contribution in [0.2, 0.25) is 0 Å². The van der Waals surface area contributed by atoms with E-state index in [0.717, 1.165) is 21.3 Å². The second kappa shape index (κ2) is 9.49. The molecule has 0 radical (unpaired) electrons. The molecule has 0 aliphatic carbocycles. The fourth-order valence-electron chi connectivity index (χ4n) is 3.61. The molecule has 1 amide bonds. The summed E-state index contributed by atoms with van der Waals surface area (Å²) in [6.45, 7) is 6.14. The fraction of sp³-hybridized carbons (Fsp3) is 0.280. The summed E-state index contributed by atoms with van der Waals surface area (Å²) >= 11 is 1.48. The molecule has 0 aliphatic rings. The molecule has 33 heavy (non-hydrogen) atoms. The van der Waals surface area contributed by atoms with E-state index in [2.05, 4.69) is 19.9 Å². The van der Waals surface area contributed by atoms with Gasteiger partial charge in [0.15, 0.2) is 15.0 Å². The van der Waals surface area contributed by atoms with Crippen LogP contribution in [-0.2, 0) is 27.6 Å². The van der Waals surface area contributed by atoms with Gasteiger partial charge in [0.1, 0.15) is 5.76 Å². The van der Waals surface area contributed by atoms with Crippen molar-refractivity contribution in [1.82, 2.24) is 4.98 Å². The van der Waals surface area contributed by atoms with Gasteiger partial charge in [-0.25, -0.2) is 13.4 Å². The third-order valence-electron chi connectivity index (χ3n) is 5.50. The van der Waals surface area contributed by atoms with Gasteiger partial charge in [0.25, 0.3) is 0 Å². The van der Waals surface area contributed by atoms with E-state index in [1.54, 1.807) is 48.4 Å². The third-order valence-corrected chi connectivity index (χ3v) is 8.30. The lowest BCUT2D eigenvalue weighted by Gasteiger charge is -2.19. The third kappa shape index (κ3) is 5.02. The molecular formula is C25H26N2O4S2. The van der Waals surface area contributed by atoms with Gasteiger partial charge in [-0.1, -0.05) is 56.4 Å². The largest absolute Gasteiger partial charge is 0.467 e. The molecule has 0 atom stereocenters. The zero-order valence-electron chi connectivity index (χ0n) is 18.8. The first kappa shape index (κ1) is 23.2. The number of amides is 1. The van der Waals surface area contributed by atoms with Gasteiger partial charge in [-0.3, -0.25) is 9.69 Å². The maximum atomic E-state index is 13.4. The smallest absolute Gasteiger partial charge is 0.233 e. The van der Waals surface area contributed by atoms with E-state index in [0.29, 0.717) is 16.8 Å². The van der Waals surface area contributed by atoms with Crippen LogP contribution in [0.1, 0.15) is 43.6 Å². The quantitative estimate of drug-likeness (QED) is 0.327. The summed E-state index contributed by atoms with van der Waals surface area (Å²) in [6.07, 6.45) is 1.71. The van der Waals surface area contributed by atoms with Gasteiger partial charge in [0, 0.05) is 0 Å². The van der Waals surface area contributed by atoms with E-state index in [-0.39, 0.29) is 29.5 Å². The van der Waals surface area contributed by atoms with Crippen LogP contribution in [0.15, 0.2) is 70.2 Å². The Labute approximate surface area is 197 Å². The van der Waals surface area contributed by atoms with Crippen LogP contribution < -0.4 is 4.90 Å². The number of thiazole rings is 1. The molecule has 2 heterocycles. The number of aromatic nitrogens is 1. The lowest BCUT2D eigenvalue weighted by molar-refractivity contribution is -0.118. The summed E-state index contributed by atoms with van der Waals surface area (Å²) in [5.74, 6) is 0.882. The topological polar surface area (TPSA) is 80.5 Å². The molecule has 0 saturated heterocycles. The summed E-state index contributed by atoms with van der Waals surface area (Å²) in [5.41, 5.74) is 2.80. The van der Waals surface area contributed by atoms with Gasteiger partial charge in [-0.05, 0) is 47.4 Å². The molecule has 0 spiro atoms. The summed E-state index contributed by atoms with van der Waals surface area (Å²) in [4.78, 5) is 20.2. The normalized spacial score (nSPS) is 11.9. The van der Waals surface area contributed by atoms with Gasteiger partial charge in [0.05, 0.1) is 40.1 Å². The van der Waals surface area contributed by atoms with Gasteiger partial charge >= 0.3 is 0 Å². The lowest BCUT2D eigenvalue weighted by Crippen LogP contribution is -2.31. The van der Waals surface area contributed by atoms with Crippen molar-refractivity contribution in [3.05, 3.63) is 77.7 Å². The Hall–Kier alpha value is -2.97. The molecule has 4 aromatic rings. The molecule has 0 saturated carbocycles. The van der Waals surface area contributed by atoms with Crippen molar-refractivity contribution in [2.45, 2.75) is 44.6 Å². The molecule has 8 heteroatoms. The maximum Gasteiger partial charge on any atom is 0.233 e. The van der Waals surface area contributed by atoms with Crippen molar-refractivity contribution >= 4 is 42.4 Å². The number of fused-ring (bicyclic) bond motifs is 1. The Morgan fingerprint density at radius 2 is 1.85 bits per heavy atom. The maximum absolute atomic E-state index is 13.4. The summed E-state index contributed by atoms with van der Waals surface area (Å²) in [6, 6.07) is 16.2. The Morgan fingerprint density at radius 1 is 1.09 bits per heavy atom. The highest BCUT2D eigenvalue weighted by molar-refractivity contribution is 7.91. The second-order valence-corrected chi connectivity index (χ2v) is 11.4. The molecule has 4 rings (SSSR count). The summed E-state index contributed by atoms with van der Waals surface area (Å²) in [5, 5.41) is 0.615. The number of anilines is 1. The van der Waals surface area contributed by atoms with E-state index in [4.69, 9.17) is 9.40 Å². The highest BCUT2D eigenvalue weighted by Crippen LogP contribution is 2.34. The fourth-order valence-corrected chi connectivity index (χ4v) is 5.51. The van der Waals surface area contributed by atoms with Crippen LogP contribution in [0.5, 0.6) is 0 Å². The SMILES string of the molecule is CCS(=O)(=O)c1ccc(CC(=O)N(Cc2ccco2)c2nc3c(C(C)C)cccc3s2)cc1.